The van der Waals surface area contributed by atoms with E-state index in [1.165, 1.54) is 7.05 Å². The van der Waals surface area contributed by atoms with Gasteiger partial charge in [-0.15, -0.1) is 0 Å². The van der Waals surface area contributed by atoms with E-state index in [0.29, 0.717) is 133 Å². The first-order chi connectivity index (χ1) is 48.9. The van der Waals surface area contributed by atoms with Crippen molar-refractivity contribution in [1.82, 2.24) is 54.2 Å². The zero-order valence-corrected chi connectivity index (χ0v) is 60.7. The van der Waals surface area contributed by atoms with Crippen LogP contribution >= 0.6 is 69.6 Å². The number of hydrogen-bond acceptors (Lipinski definition) is 11. The maximum atomic E-state index is 15.8. The molecule has 13 rings (SSSR count). The van der Waals surface area contributed by atoms with E-state index in [9.17, 15) is 33.8 Å². The molecule has 0 bridgehead atoms. The van der Waals surface area contributed by atoms with E-state index >= 15 is 9.59 Å². The summed E-state index contributed by atoms with van der Waals surface area (Å²) in [5, 5.41) is 51.6. The Kier molecular flexibility index (Phi) is 20.0. The second kappa shape index (κ2) is 28.6. The number of benzene rings is 7. The van der Waals surface area contributed by atoms with Gasteiger partial charge in [-0.05, 0) is 157 Å². The van der Waals surface area contributed by atoms with E-state index in [1.54, 1.807) is 113 Å². The highest BCUT2D eigenvalue weighted by molar-refractivity contribution is 7.87. The van der Waals surface area contributed by atoms with E-state index in [4.69, 9.17) is 69.6 Å². The Morgan fingerprint density at radius 2 is 1.15 bits per heavy atom. The molecule has 10 aromatic rings. The second-order valence-electron chi connectivity index (χ2n) is 26.4. The number of nitrogens with one attached hydrogen (secondary N) is 6. The van der Waals surface area contributed by atoms with Crippen LogP contribution in [0.3, 0.4) is 0 Å². The summed E-state index contributed by atoms with van der Waals surface area (Å²) in [4.78, 5) is 60.7. The van der Waals surface area contributed by atoms with Gasteiger partial charge in [0.25, 0.3) is 17.7 Å². The van der Waals surface area contributed by atoms with Crippen LogP contribution in [0.25, 0.3) is 32.7 Å². The minimum atomic E-state index is -4.53. The predicted molar refractivity (Wildman–Crippen MR) is 396 cm³/mol. The average Bonchev–Trinajstić information content (AvgIpc) is 1.64. The van der Waals surface area contributed by atoms with Crippen LogP contribution in [0, 0.1) is 34.0 Å². The number of fused-ring (bicyclic) bond motifs is 3. The van der Waals surface area contributed by atoms with Gasteiger partial charge in [-0.25, -0.2) is 9.52 Å². The molecule has 3 aliphatic rings. The van der Waals surface area contributed by atoms with Crippen molar-refractivity contribution in [2.45, 2.75) is 67.7 Å². The number of carbonyl (C=O) groups is 4. The Morgan fingerprint density at radius 1 is 0.569 bits per heavy atom. The highest BCUT2D eigenvalue weighted by atomic mass is 35.5. The number of aromatic nitrogens is 3. The zero-order valence-electron chi connectivity index (χ0n) is 55.3. The number of nitrogens with zero attached hydrogens (tertiary/aromatic N) is 8. The number of amides is 5. The fourth-order valence-corrected chi connectivity index (χ4v) is 17.5. The number of hydrogen-bond donors (Lipinski definition) is 6. The monoisotopic (exact) mass is 1500 g/mol. The van der Waals surface area contributed by atoms with E-state index in [1.807, 2.05) is 65.4 Å². The van der Waals surface area contributed by atoms with Crippen molar-refractivity contribution in [3.05, 3.63) is 243 Å². The minimum absolute atomic E-state index is 0.0227. The SMILES string of the molecule is CNC(=O)NS(=O)(=O)N1CCCC(NC(=O)c2cc3c(Cl)c(Cl)ccc3n2C)(c2cc(C#N)cc(Cn3c(C(=O)NC4(c5ccc(C6CN(Cc7ccccc7)CC(NC(=O)c7cc8c(Cl)c(Cl)ccc8n7C)(c7cccc(C#N)c7)C6)c(C#N)c5)CCCNC4)cc4c(Cl)c(Cl)ccc43)c2)C1. The molecule has 6 heterocycles. The summed E-state index contributed by atoms with van der Waals surface area (Å²) in [6.45, 7) is 1.73. The maximum Gasteiger partial charge on any atom is 0.329 e. The summed E-state index contributed by atoms with van der Waals surface area (Å²) in [6.07, 6.45) is 1.78. The van der Waals surface area contributed by atoms with Gasteiger partial charge in [0.2, 0.25) is 0 Å². The summed E-state index contributed by atoms with van der Waals surface area (Å²) >= 11 is 40.1. The fourth-order valence-electron chi connectivity index (χ4n) is 15.2. The Labute approximate surface area is 618 Å². The van der Waals surface area contributed by atoms with Gasteiger partial charge in [0.1, 0.15) is 17.1 Å². The molecule has 0 radical (unpaired) electrons. The molecule has 6 N–H and O–H groups in total. The quantitative estimate of drug-likeness (QED) is 0.0529. The number of rotatable bonds is 16. The van der Waals surface area contributed by atoms with E-state index < -0.39 is 56.5 Å². The number of nitriles is 3. The van der Waals surface area contributed by atoms with Crippen LogP contribution in [0.5, 0.6) is 0 Å². The van der Waals surface area contributed by atoms with Crippen molar-refractivity contribution >= 4 is 136 Å². The molecule has 7 aromatic carbocycles. The lowest BCUT2D eigenvalue weighted by atomic mass is 9.73. The van der Waals surface area contributed by atoms with Crippen LogP contribution in [0.2, 0.25) is 30.1 Å². The van der Waals surface area contributed by atoms with Crippen molar-refractivity contribution in [2.24, 2.45) is 14.1 Å². The molecule has 3 saturated heterocycles. The first-order valence-corrected chi connectivity index (χ1v) is 36.5. The Hall–Kier alpha value is -9.12. The first-order valence-electron chi connectivity index (χ1n) is 32.8. The normalized spacial score (nSPS) is 19.6. The second-order valence-corrected chi connectivity index (χ2v) is 30.4. The van der Waals surface area contributed by atoms with Gasteiger partial charge in [-0.2, -0.15) is 28.5 Å². The minimum Gasteiger partial charge on any atom is -0.340 e. The van der Waals surface area contributed by atoms with Crippen molar-refractivity contribution in [2.75, 3.05) is 46.3 Å². The number of halogens is 6. The molecule has 27 heteroatoms. The molecule has 102 heavy (non-hydrogen) atoms. The molecule has 5 amide bonds. The molecule has 4 atom stereocenters. The molecule has 0 aliphatic carbocycles. The third-order valence-electron chi connectivity index (χ3n) is 20.1. The smallest absolute Gasteiger partial charge is 0.329 e. The molecule has 0 spiro atoms. The van der Waals surface area contributed by atoms with Crippen LogP contribution < -0.4 is 31.3 Å². The standard InChI is InChI=1S/C75H66Cl6N14O6S/c1-85-72(99)90-102(100,101)94-25-9-23-74(43-94,88-69(96)63-31-54-60(91(63)2)19-16-57(76)66(54)79)52-28-46(36-83)26-47(29-52)39-95-62-21-18-59(78)68(81)56(62)33-65(95)71(98)87-73(22-8-24-86-41-73)51-14-15-53(48(30-51)37-84)49-34-75(50-13-7-12-45(27-50)35-82,42-93(40-49)38-44-10-5-4-6-11-44)89-70(97)64-32-55-61(92(64)3)20-17-58(77)67(55)80/h4-7,10-21,26-33,49,86H,8-9,22-25,34,38-43H2,1-3H3,(H,87,98)(H,88,96)(H,89,97)(H2,85,90,99). The van der Waals surface area contributed by atoms with E-state index in [0.717, 1.165) is 9.87 Å². The molecule has 3 aromatic heterocycles. The molecule has 4 unspecified atom stereocenters. The predicted octanol–water partition coefficient (Wildman–Crippen LogP) is 13.4. The van der Waals surface area contributed by atoms with Gasteiger partial charge in [0, 0.05) is 100 Å². The average molecular weight is 1500 g/mol. The van der Waals surface area contributed by atoms with Crippen molar-refractivity contribution in [1.29, 1.82) is 15.8 Å². The van der Waals surface area contributed by atoms with Crippen LogP contribution in [0.15, 0.2) is 146 Å². The lowest BCUT2D eigenvalue weighted by Crippen LogP contribution is -2.60. The van der Waals surface area contributed by atoms with Crippen LogP contribution in [0.4, 0.5) is 4.79 Å². The summed E-state index contributed by atoms with van der Waals surface area (Å²) in [6, 6.07) is 49.2. The van der Waals surface area contributed by atoms with Crippen molar-refractivity contribution in [3.8, 4) is 18.2 Å². The molecule has 20 nitrogen and oxygen atoms in total. The van der Waals surface area contributed by atoms with Crippen LogP contribution in [-0.2, 0) is 54.0 Å². The number of carbonyl (C=O) groups excluding carboxylic acids is 4. The van der Waals surface area contributed by atoms with Crippen LogP contribution in [0.1, 0.15) is 120 Å². The lowest BCUT2D eigenvalue weighted by molar-refractivity contribution is 0.0698. The molecular formula is C75H66Cl6N14O6S. The van der Waals surface area contributed by atoms with Gasteiger partial charge < -0.3 is 40.3 Å². The lowest BCUT2D eigenvalue weighted by Gasteiger charge is -2.47. The maximum absolute atomic E-state index is 15.8. The largest absolute Gasteiger partial charge is 0.340 e. The Bertz CT molecular complexity index is 5340. The summed E-state index contributed by atoms with van der Waals surface area (Å²) in [7, 11) is 0.230. The highest BCUT2D eigenvalue weighted by Gasteiger charge is 2.47. The fraction of sp³-hybridized carbons (Fsp3) is 0.267. The van der Waals surface area contributed by atoms with Crippen molar-refractivity contribution in [3.63, 3.8) is 0 Å². The first kappa shape index (κ1) is 71.3. The topological polar surface area (TPSA) is 267 Å². The summed E-state index contributed by atoms with van der Waals surface area (Å²) in [5.41, 5.74) is 3.48. The molecule has 3 fully saturated rings. The van der Waals surface area contributed by atoms with Gasteiger partial charge in [0.15, 0.2) is 0 Å². The van der Waals surface area contributed by atoms with Gasteiger partial charge in [0.05, 0.1) is 87.2 Å². The number of piperidine rings is 3. The number of aryl methyl sites for hydroxylation is 2. The van der Waals surface area contributed by atoms with Gasteiger partial charge in [-0.1, -0.05) is 130 Å². The number of urea groups is 1. The van der Waals surface area contributed by atoms with Crippen LogP contribution in [-0.4, -0.2) is 101 Å². The number of likely N-dealkylation sites (tertiary alicyclic amines) is 1. The summed E-state index contributed by atoms with van der Waals surface area (Å²) in [5.74, 6) is -1.91. The van der Waals surface area contributed by atoms with E-state index in [-0.39, 0.29) is 76.1 Å². The molecule has 520 valence electrons. The Morgan fingerprint density at radius 3 is 1.76 bits per heavy atom. The van der Waals surface area contributed by atoms with Gasteiger partial charge in [-0.3, -0.25) is 19.3 Å². The van der Waals surface area contributed by atoms with Crippen molar-refractivity contribution < 1.29 is 27.6 Å². The van der Waals surface area contributed by atoms with E-state index in [2.05, 4.69) is 49.7 Å². The molecular weight excluding hydrogens is 1440 g/mol. The third kappa shape index (κ3) is 13.5. The molecule has 0 saturated carbocycles. The third-order valence-corrected chi connectivity index (χ3v) is 24.0. The summed E-state index contributed by atoms with van der Waals surface area (Å²) < 4.78 is 36.3. The zero-order chi connectivity index (χ0) is 72.2. The van der Waals surface area contributed by atoms with Gasteiger partial charge >= 0.3 is 16.2 Å². The highest BCUT2D eigenvalue weighted by Crippen LogP contribution is 2.45. The Balaban J connectivity index is 0.871. The molecule has 3 aliphatic heterocycles.